The number of alkyl halides is 3. The number of hydrogen-bond donors (Lipinski definition) is 0. The molecule has 0 aromatic rings. The summed E-state index contributed by atoms with van der Waals surface area (Å²) in [6.45, 7) is 0. The van der Waals surface area contributed by atoms with E-state index in [4.69, 9.17) is 0 Å². The fraction of sp³-hybridized carbons (Fsp3) is 0.700. The molecule has 0 N–H and O–H groups in total. The molecule has 0 aromatic heterocycles. The van der Waals surface area contributed by atoms with Gasteiger partial charge in [-0.15, -0.1) is 0 Å². The molecule has 3 aliphatic rings. The Hall–Kier alpha value is -1.00. The monoisotopic (exact) mass is 218 g/mol. The Morgan fingerprint density at radius 3 is 2.60 bits per heavy atom. The van der Waals surface area contributed by atoms with Gasteiger partial charge in [-0.3, -0.25) is 4.79 Å². The second kappa shape index (κ2) is 2.57. The Labute approximate surface area is 84.1 Å². The lowest BCUT2D eigenvalue weighted by molar-refractivity contribution is -0.219. The molecular weight excluding hydrogens is 209 g/mol. The molecule has 1 saturated heterocycles. The zero-order valence-electron chi connectivity index (χ0n) is 7.70. The maximum atomic E-state index is 12.6. The van der Waals surface area contributed by atoms with Crippen molar-refractivity contribution in [3.05, 3.63) is 12.2 Å². The highest BCUT2D eigenvalue weighted by molar-refractivity contribution is 5.77. The number of carbonyl (C=O) groups excluding carboxylic acids is 1. The van der Waals surface area contributed by atoms with Gasteiger partial charge in [0.05, 0.1) is 5.92 Å². The third-order valence-electron chi connectivity index (χ3n) is 3.71. The molecule has 2 fully saturated rings. The Morgan fingerprint density at radius 1 is 1.27 bits per heavy atom. The van der Waals surface area contributed by atoms with Gasteiger partial charge in [0.2, 0.25) is 6.10 Å². The predicted octanol–water partition coefficient (Wildman–Crippen LogP) is 1.91. The topological polar surface area (TPSA) is 26.3 Å². The first-order valence-corrected chi connectivity index (χ1v) is 4.94. The van der Waals surface area contributed by atoms with Gasteiger partial charge in [-0.05, 0) is 18.3 Å². The average molecular weight is 218 g/mol. The maximum Gasteiger partial charge on any atom is 0.425 e. The van der Waals surface area contributed by atoms with Crippen molar-refractivity contribution in [1.29, 1.82) is 0 Å². The van der Waals surface area contributed by atoms with Crippen molar-refractivity contribution < 1.29 is 22.7 Å². The molecule has 0 aromatic carbocycles. The van der Waals surface area contributed by atoms with E-state index in [1.54, 1.807) is 6.08 Å². The van der Waals surface area contributed by atoms with Crippen LogP contribution in [-0.2, 0) is 9.53 Å². The first-order chi connectivity index (χ1) is 6.98. The van der Waals surface area contributed by atoms with Gasteiger partial charge in [-0.2, -0.15) is 13.2 Å². The lowest BCUT2D eigenvalue weighted by atomic mass is 9.81. The highest BCUT2D eigenvalue weighted by Crippen LogP contribution is 2.56. The highest BCUT2D eigenvalue weighted by Gasteiger charge is 2.64. The first-order valence-electron chi connectivity index (χ1n) is 4.94. The molecule has 5 heteroatoms. The Kier molecular flexibility index (Phi) is 1.58. The van der Waals surface area contributed by atoms with Crippen LogP contribution in [0, 0.1) is 23.7 Å². The van der Waals surface area contributed by atoms with Crippen molar-refractivity contribution in [2.45, 2.75) is 18.7 Å². The molecule has 2 bridgehead atoms. The van der Waals surface area contributed by atoms with Crippen molar-refractivity contribution in [3.8, 4) is 0 Å². The zero-order valence-corrected chi connectivity index (χ0v) is 7.70. The van der Waals surface area contributed by atoms with Gasteiger partial charge < -0.3 is 4.74 Å². The average Bonchev–Trinajstić information content (AvgIpc) is 2.73. The van der Waals surface area contributed by atoms with Crippen LogP contribution in [0.1, 0.15) is 6.42 Å². The number of allylic oxidation sites excluding steroid dienone is 2. The standard InChI is InChI=1S/C10H9F3O2/c11-10(12,13)8-6-4-1-2-5(3-4)7(6)9(14)15-8/h1-2,4-8H,3H2/t4-,5+,6-,7+,8+/m0/s1. The van der Waals surface area contributed by atoms with E-state index >= 15 is 0 Å². The Morgan fingerprint density at radius 2 is 1.93 bits per heavy atom. The van der Waals surface area contributed by atoms with Gasteiger partial charge in [0, 0.05) is 5.92 Å². The van der Waals surface area contributed by atoms with Gasteiger partial charge in [0.25, 0.3) is 0 Å². The van der Waals surface area contributed by atoms with Crippen LogP contribution in [0.5, 0.6) is 0 Å². The number of cyclic esters (lactones) is 1. The summed E-state index contributed by atoms with van der Waals surface area (Å²) in [6.07, 6.45) is -1.97. The molecule has 1 aliphatic heterocycles. The van der Waals surface area contributed by atoms with E-state index in [0.717, 1.165) is 0 Å². The van der Waals surface area contributed by atoms with Gasteiger partial charge in [-0.1, -0.05) is 12.2 Å². The molecule has 3 rings (SSSR count). The SMILES string of the molecule is O=C1O[C@@H](C(F)(F)F)[C@@H]2[C@H]1[C@@H]1C=C[C@H]2C1. The second-order valence-electron chi connectivity index (χ2n) is 4.45. The third kappa shape index (κ3) is 1.09. The molecule has 2 nitrogen and oxygen atoms in total. The van der Waals surface area contributed by atoms with E-state index in [1.165, 1.54) is 0 Å². The molecule has 0 radical (unpaired) electrons. The first kappa shape index (κ1) is 9.24. The molecular formula is C10H9F3O2. The number of fused-ring (bicyclic) bond motifs is 5. The van der Waals surface area contributed by atoms with E-state index < -0.39 is 30.1 Å². The number of hydrogen-bond acceptors (Lipinski definition) is 2. The zero-order chi connectivity index (χ0) is 10.8. The summed E-state index contributed by atoms with van der Waals surface area (Å²) in [5, 5.41) is 0. The molecule has 0 amide bonds. The normalized spacial score (nSPS) is 47.1. The smallest absolute Gasteiger partial charge is 0.425 e. The maximum absolute atomic E-state index is 12.6. The minimum atomic E-state index is -4.42. The number of ether oxygens (including phenoxy) is 1. The van der Waals surface area contributed by atoms with Crippen LogP contribution in [-0.4, -0.2) is 18.2 Å². The van der Waals surface area contributed by atoms with E-state index in [2.05, 4.69) is 4.74 Å². The van der Waals surface area contributed by atoms with Crippen molar-refractivity contribution >= 4 is 5.97 Å². The molecule has 2 aliphatic carbocycles. The number of rotatable bonds is 0. The fourth-order valence-corrected chi connectivity index (χ4v) is 3.17. The van der Waals surface area contributed by atoms with Gasteiger partial charge in [0.15, 0.2) is 0 Å². The summed E-state index contributed by atoms with van der Waals surface area (Å²) in [4.78, 5) is 11.3. The number of carbonyl (C=O) groups is 1. The molecule has 82 valence electrons. The summed E-state index contributed by atoms with van der Waals surface area (Å²) >= 11 is 0. The largest absolute Gasteiger partial charge is 0.452 e. The van der Waals surface area contributed by atoms with Crippen LogP contribution in [0.3, 0.4) is 0 Å². The Bertz CT molecular complexity index is 347. The quantitative estimate of drug-likeness (QED) is 0.458. The summed E-state index contributed by atoms with van der Waals surface area (Å²) in [6, 6.07) is 0. The van der Waals surface area contributed by atoms with Crippen molar-refractivity contribution in [2.75, 3.05) is 0 Å². The lowest BCUT2D eigenvalue weighted by Gasteiger charge is -2.23. The minimum absolute atomic E-state index is 0.0279. The summed E-state index contributed by atoms with van der Waals surface area (Å²) in [5.41, 5.74) is 0. The summed E-state index contributed by atoms with van der Waals surface area (Å²) in [5.74, 6) is -2.05. The summed E-state index contributed by atoms with van der Waals surface area (Å²) < 4.78 is 42.3. The van der Waals surface area contributed by atoms with E-state index in [0.29, 0.717) is 6.42 Å². The molecule has 15 heavy (non-hydrogen) atoms. The minimum Gasteiger partial charge on any atom is -0.452 e. The van der Waals surface area contributed by atoms with Crippen LogP contribution >= 0.6 is 0 Å². The molecule has 0 spiro atoms. The van der Waals surface area contributed by atoms with Crippen molar-refractivity contribution in [1.82, 2.24) is 0 Å². The van der Waals surface area contributed by atoms with Crippen LogP contribution in [0.15, 0.2) is 12.2 Å². The molecule has 0 unspecified atom stereocenters. The lowest BCUT2D eigenvalue weighted by Crippen LogP contribution is -2.37. The number of esters is 1. The van der Waals surface area contributed by atoms with Crippen molar-refractivity contribution in [3.63, 3.8) is 0 Å². The van der Waals surface area contributed by atoms with Crippen LogP contribution in [0.2, 0.25) is 0 Å². The molecule has 5 atom stereocenters. The van der Waals surface area contributed by atoms with Gasteiger partial charge in [0.1, 0.15) is 0 Å². The second-order valence-corrected chi connectivity index (χ2v) is 4.45. The van der Waals surface area contributed by atoms with Crippen LogP contribution < -0.4 is 0 Å². The fourth-order valence-electron chi connectivity index (χ4n) is 3.17. The molecule has 1 heterocycles. The third-order valence-corrected chi connectivity index (χ3v) is 3.71. The number of halogens is 3. The van der Waals surface area contributed by atoms with Gasteiger partial charge in [-0.25, -0.2) is 0 Å². The van der Waals surface area contributed by atoms with Gasteiger partial charge >= 0.3 is 12.1 Å². The van der Waals surface area contributed by atoms with Crippen molar-refractivity contribution in [2.24, 2.45) is 23.7 Å². The highest BCUT2D eigenvalue weighted by atomic mass is 19.4. The predicted molar refractivity (Wildman–Crippen MR) is 43.7 cm³/mol. The van der Waals surface area contributed by atoms with E-state index in [-0.39, 0.29) is 11.8 Å². The summed E-state index contributed by atoms with van der Waals surface area (Å²) in [7, 11) is 0. The van der Waals surface area contributed by atoms with Crippen LogP contribution in [0.25, 0.3) is 0 Å². The van der Waals surface area contributed by atoms with Crippen LogP contribution in [0.4, 0.5) is 13.2 Å². The van der Waals surface area contributed by atoms with E-state index in [1.807, 2.05) is 6.08 Å². The van der Waals surface area contributed by atoms with E-state index in [9.17, 15) is 18.0 Å². The Balaban J connectivity index is 1.97. The molecule has 1 saturated carbocycles.